The molecule has 0 fully saturated rings. The highest BCUT2D eigenvalue weighted by Crippen LogP contribution is 2.14. The molecular weight excluding hydrogens is 148 g/mol. The average molecular weight is 164 g/mol. The molecule has 1 rings (SSSR count). The normalized spacial score (nSPS) is 12.8. The first kappa shape index (κ1) is 9.11. The molecule has 0 spiro atoms. The summed E-state index contributed by atoms with van der Waals surface area (Å²) in [6, 6.07) is 7.47. The third-order valence-electron chi connectivity index (χ3n) is 2.22. The van der Waals surface area contributed by atoms with Gasteiger partial charge in [-0.25, -0.2) is 0 Å². The molecule has 1 aromatic carbocycles. The fourth-order valence-electron chi connectivity index (χ4n) is 1.18. The Hall–Kier alpha value is -0.980. The van der Waals surface area contributed by atoms with E-state index in [9.17, 15) is 0 Å². The lowest BCUT2D eigenvalue weighted by Crippen LogP contribution is -1.96. The van der Waals surface area contributed by atoms with Crippen molar-refractivity contribution in [2.75, 3.05) is 0 Å². The monoisotopic (exact) mass is 164 g/mol. The fraction of sp³-hybridized carbons (Fsp3) is 0.455. The summed E-state index contributed by atoms with van der Waals surface area (Å²) in [5.74, 6) is 1.08. The minimum atomic E-state index is 0.350. The highest BCUT2D eigenvalue weighted by atomic mass is 16.3. The summed E-state index contributed by atoms with van der Waals surface area (Å²) in [4.78, 5) is 0. The van der Waals surface area contributed by atoms with Crippen LogP contribution in [-0.4, -0.2) is 5.11 Å². The van der Waals surface area contributed by atoms with Crippen molar-refractivity contribution in [1.29, 1.82) is 0 Å². The summed E-state index contributed by atoms with van der Waals surface area (Å²) in [6.07, 6.45) is 2.32. The van der Waals surface area contributed by atoms with Crippen LogP contribution in [0.25, 0.3) is 0 Å². The first-order chi connectivity index (χ1) is 5.72. The third kappa shape index (κ3) is 2.57. The van der Waals surface area contributed by atoms with Crippen molar-refractivity contribution in [3.63, 3.8) is 0 Å². The molecule has 1 nitrogen and oxygen atoms in total. The Balaban J connectivity index is 2.58. The molecule has 0 aliphatic rings. The highest BCUT2D eigenvalue weighted by molar-refractivity contribution is 5.26. The van der Waals surface area contributed by atoms with Crippen LogP contribution in [0.15, 0.2) is 24.3 Å². The fourth-order valence-corrected chi connectivity index (χ4v) is 1.18. The van der Waals surface area contributed by atoms with Gasteiger partial charge in [0.25, 0.3) is 0 Å². The first-order valence-electron chi connectivity index (χ1n) is 4.50. The van der Waals surface area contributed by atoms with E-state index < -0.39 is 0 Å². The maximum absolute atomic E-state index is 9.05. The Morgan fingerprint density at radius 1 is 1.25 bits per heavy atom. The van der Waals surface area contributed by atoms with Gasteiger partial charge in [0.05, 0.1) is 0 Å². The second-order valence-corrected chi connectivity index (χ2v) is 3.38. The predicted octanol–water partition coefficient (Wildman–Crippen LogP) is 2.98. The molecule has 12 heavy (non-hydrogen) atoms. The lowest BCUT2D eigenvalue weighted by Gasteiger charge is -2.07. The van der Waals surface area contributed by atoms with Gasteiger partial charge in [0.2, 0.25) is 0 Å². The predicted molar refractivity (Wildman–Crippen MR) is 51.3 cm³/mol. The van der Waals surface area contributed by atoms with E-state index in [-0.39, 0.29) is 0 Å². The van der Waals surface area contributed by atoms with E-state index in [2.05, 4.69) is 13.8 Å². The Morgan fingerprint density at radius 2 is 1.83 bits per heavy atom. The van der Waals surface area contributed by atoms with E-state index in [0.29, 0.717) is 5.75 Å². The van der Waals surface area contributed by atoms with E-state index in [1.807, 2.05) is 12.1 Å². The second kappa shape index (κ2) is 4.15. The van der Waals surface area contributed by atoms with E-state index in [4.69, 9.17) is 5.11 Å². The van der Waals surface area contributed by atoms with Gasteiger partial charge in [-0.15, -0.1) is 0 Å². The summed E-state index contributed by atoms with van der Waals surface area (Å²) >= 11 is 0. The Labute approximate surface area is 74.1 Å². The molecule has 0 bridgehead atoms. The molecule has 1 atom stereocenters. The van der Waals surface area contributed by atoms with Crippen LogP contribution in [0.2, 0.25) is 0 Å². The highest BCUT2D eigenvalue weighted by Gasteiger charge is 2.00. The zero-order valence-electron chi connectivity index (χ0n) is 7.75. The maximum atomic E-state index is 9.05. The molecule has 1 heteroatoms. The maximum Gasteiger partial charge on any atom is 0.115 e. The quantitative estimate of drug-likeness (QED) is 0.728. The van der Waals surface area contributed by atoms with E-state index in [0.717, 1.165) is 12.3 Å². The number of hydrogen-bond donors (Lipinski definition) is 1. The van der Waals surface area contributed by atoms with Crippen molar-refractivity contribution in [1.82, 2.24) is 0 Å². The number of aromatic hydroxyl groups is 1. The van der Waals surface area contributed by atoms with Crippen LogP contribution in [0.5, 0.6) is 5.75 Å². The van der Waals surface area contributed by atoms with Gasteiger partial charge in [-0.3, -0.25) is 0 Å². The zero-order valence-corrected chi connectivity index (χ0v) is 7.75. The number of benzene rings is 1. The first-order valence-corrected chi connectivity index (χ1v) is 4.50. The number of phenolic OH excluding ortho intramolecular Hbond substituents is 1. The van der Waals surface area contributed by atoms with Gasteiger partial charge in [0, 0.05) is 0 Å². The molecule has 0 unspecified atom stereocenters. The minimum Gasteiger partial charge on any atom is -0.508 e. The van der Waals surface area contributed by atoms with Gasteiger partial charge in [0.15, 0.2) is 0 Å². The smallest absolute Gasteiger partial charge is 0.115 e. The minimum absolute atomic E-state index is 0.350. The van der Waals surface area contributed by atoms with E-state index in [1.165, 1.54) is 12.0 Å². The molecule has 66 valence electrons. The van der Waals surface area contributed by atoms with Gasteiger partial charge in [-0.05, 0) is 30.0 Å². The van der Waals surface area contributed by atoms with Crippen LogP contribution in [0, 0.1) is 5.92 Å². The number of phenols is 1. The molecule has 0 heterocycles. The molecule has 0 aromatic heterocycles. The van der Waals surface area contributed by atoms with Crippen LogP contribution in [0.4, 0.5) is 0 Å². The largest absolute Gasteiger partial charge is 0.508 e. The molecular formula is C11H16O. The summed E-state index contributed by atoms with van der Waals surface area (Å²) < 4.78 is 0. The van der Waals surface area contributed by atoms with Crippen molar-refractivity contribution in [3.8, 4) is 5.75 Å². The van der Waals surface area contributed by atoms with Crippen LogP contribution in [-0.2, 0) is 6.42 Å². The summed E-state index contributed by atoms with van der Waals surface area (Å²) in [6.45, 7) is 4.44. The van der Waals surface area contributed by atoms with Gasteiger partial charge < -0.3 is 5.11 Å². The Bertz CT molecular complexity index is 225. The summed E-state index contributed by atoms with van der Waals surface area (Å²) in [5, 5.41) is 9.05. The van der Waals surface area contributed by atoms with Crippen molar-refractivity contribution >= 4 is 0 Å². The molecule has 1 N–H and O–H groups in total. The van der Waals surface area contributed by atoms with Gasteiger partial charge >= 0.3 is 0 Å². The Morgan fingerprint density at radius 3 is 2.33 bits per heavy atom. The summed E-state index contributed by atoms with van der Waals surface area (Å²) in [5.41, 5.74) is 1.31. The summed E-state index contributed by atoms with van der Waals surface area (Å²) in [7, 11) is 0. The number of rotatable bonds is 3. The second-order valence-electron chi connectivity index (χ2n) is 3.38. The van der Waals surface area contributed by atoms with E-state index in [1.54, 1.807) is 12.1 Å². The van der Waals surface area contributed by atoms with Crippen LogP contribution < -0.4 is 0 Å². The lowest BCUT2D eigenvalue weighted by molar-refractivity contribution is 0.474. The zero-order chi connectivity index (χ0) is 8.97. The molecule has 0 aliphatic carbocycles. The van der Waals surface area contributed by atoms with Crippen molar-refractivity contribution in [3.05, 3.63) is 29.8 Å². The molecule has 0 saturated heterocycles. The topological polar surface area (TPSA) is 20.2 Å². The molecule has 0 saturated carbocycles. The average Bonchev–Trinajstić information content (AvgIpc) is 2.09. The van der Waals surface area contributed by atoms with Crippen LogP contribution in [0.1, 0.15) is 25.8 Å². The molecule has 0 aliphatic heterocycles. The van der Waals surface area contributed by atoms with Crippen molar-refractivity contribution in [2.24, 2.45) is 5.92 Å². The van der Waals surface area contributed by atoms with Crippen LogP contribution in [0.3, 0.4) is 0 Å². The lowest BCUT2D eigenvalue weighted by atomic mass is 9.99. The third-order valence-corrected chi connectivity index (χ3v) is 2.22. The standard InChI is InChI=1S/C11H16O/c1-3-9(2)8-10-4-6-11(12)7-5-10/h4-7,9,12H,3,8H2,1-2H3/t9-/m1/s1. The van der Waals surface area contributed by atoms with Crippen molar-refractivity contribution in [2.45, 2.75) is 26.7 Å². The number of hydrogen-bond acceptors (Lipinski definition) is 1. The molecule has 0 amide bonds. The SMILES string of the molecule is CC[C@@H](C)Cc1ccc(O)cc1. The van der Waals surface area contributed by atoms with E-state index >= 15 is 0 Å². The van der Waals surface area contributed by atoms with Crippen molar-refractivity contribution < 1.29 is 5.11 Å². The van der Waals surface area contributed by atoms with Gasteiger partial charge in [-0.2, -0.15) is 0 Å². The molecule has 1 aromatic rings. The van der Waals surface area contributed by atoms with Crippen LogP contribution >= 0.6 is 0 Å². The van der Waals surface area contributed by atoms with Gasteiger partial charge in [-0.1, -0.05) is 32.4 Å². The Kier molecular flexibility index (Phi) is 3.15. The molecule has 0 radical (unpaired) electrons. The van der Waals surface area contributed by atoms with Gasteiger partial charge in [0.1, 0.15) is 5.75 Å².